The van der Waals surface area contributed by atoms with Gasteiger partial charge in [0, 0.05) is 0 Å². The highest BCUT2D eigenvalue weighted by molar-refractivity contribution is 8.13. The molecule has 0 aliphatic heterocycles. The van der Waals surface area contributed by atoms with Gasteiger partial charge in [0.1, 0.15) is 11.6 Å². The molecule has 0 atom stereocenters. The van der Waals surface area contributed by atoms with Crippen molar-refractivity contribution in [2.24, 2.45) is 0 Å². The number of carbonyl (C=O) groups excluding carboxylic acids is 1. The van der Waals surface area contributed by atoms with Crippen molar-refractivity contribution in [1.29, 1.82) is 5.26 Å². The van der Waals surface area contributed by atoms with Gasteiger partial charge in [-0.3, -0.25) is 4.79 Å². The molecule has 2 nitrogen and oxygen atoms in total. The largest absolute Gasteiger partial charge is 0.281 e. The summed E-state index contributed by atoms with van der Waals surface area (Å²) < 4.78 is 0. The first-order chi connectivity index (χ1) is 10.7. The molecule has 0 aliphatic rings. The molecule has 0 amide bonds. The second-order valence-corrected chi connectivity index (χ2v) is 5.69. The van der Waals surface area contributed by atoms with E-state index >= 15 is 0 Å². The summed E-state index contributed by atoms with van der Waals surface area (Å²) in [6, 6.07) is 22.0. The van der Waals surface area contributed by atoms with Crippen LogP contribution in [0.5, 0.6) is 0 Å². The number of allylic oxidation sites excluding steroid dienone is 1. The molecular formula is C19H17NOS. The average molecular weight is 307 g/mol. The second kappa shape index (κ2) is 8.21. The van der Waals surface area contributed by atoms with Crippen LogP contribution in [0.4, 0.5) is 0 Å². The van der Waals surface area contributed by atoms with Crippen molar-refractivity contribution in [3.8, 4) is 6.07 Å². The first kappa shape index (κ1) is 16.1. The summed E-state index contributed by atoms with van der Waals surface area (Å²) in [5, 5.41) is 9.25. The molecule has 0 saturated heterocycles. The summed E-state index contributed by atoms with van der Waals surface area (Å²) in [6.45, 7) is 0. The topological polar surface area (TPSA) is 40.9 Å². The zero-order chi connectivity index (χ0) is 15.8. The minimum Gasteiger partial charge on any atom is -0.281 e. The van der Waals surface area contributed by atoms with Gasteiger partial charge in [0.15, 0.2) is 0 Å². The molecule has 0 spiro atoms. The zero-order valence-corrected chi connectivity index (χ0v) is 13.3. The molecule has 0 radical (unpaired) electrons. The minimum atomic E-state index is -0.163. The van der Waals surface area contributed by atoms with Crippen LogP contribution in [0.2, 0.25) is 0 Å². The molecule has 2 aromatic carbocycles. The Labute approximate surface area is 135 Å². The Morgan fingerprint density at radius 3 is 1.77 bits per heavy atom. The Kier molecular flexibility index (Phi) is 6.00. The fourth-order valence-electron chi connectivity index (χ4n) is 2.29. The van der Waals surface area contributed by atoms with E-state index in [1.54, 1.807) is 6.26 Å². The number of hydrogen-bond acceptors (Lipinski definition) is 3. The molecule has 110 valence electrons. The SMILES string of the molecule is CSC(=O)C(C#N)=C(Cc1ccccc1)Cc1ccccc1. The molecule has 0 aliphatic carbocycles. The monoisotopic (exact) mass is 307 g/mol. The Morgan fingerprint density at radius 1 is 0.955 bits per heavy atom. The number of rotatable bonds is 5. The lowest BCUT2D eigenvalue weighted by Crippen LogP contribution is -2.05. The van der Waals surface area contributed by atoms with Crippen LogP contribution in [0.3, 0.4) is 0 Å². The van der Waals surface area contributed by atoms with Crippen molar-refractivity contribution >= 4 is 16.9 Å². The summed E-state index contributed by atoms with van der Waals surface area (Å²) in [5.41, 5.74) is 3.37. The molecule has 0 unspecified atom stereocenters. The summed E-state index contributed by atoms with van der Waals surface area (Å²) >= 11 is 1.09. The first-order valence-electron chi connectivity index (χ1n) is 7.03. The van der Waals surface area contributed by atoms with Crippen molar-refractivity contribution < 1.29 is 4.79 Å². The van der Waals surface area contributed by atoms with E-state index < -0.39 is 0 Å². The Balaban J connectivity index is 2.38. The summed E-state index contributed by atoms with van der Waals surface area (Å²) in [4.78, 5) is 12.0. The van der Waals surface area contributed by atoms with Gasteiger partial charge in [0.2, 0.25) is 5.12 Å². The van der Waals surface area contributed by atoms with Crippen molar-refractivity contribution in [3.05, 3.63) is 82.9 Å². The highest BCUT2D eigenvalue weighted by Gasteiger charge is 2.15. The molecule has 0 fully saturated rings. The lowest BCUT2D eigenvalue weighted by Gasteiger charge is -2.10. The number of nitriles is 1. The van der Waals surface area contributed by atoms with Gasteiger partial charge in [-0.25, -0.2) is 0 Å². The highest BCUT2D eigenvalue weighted by Crippen LogP contribution is 2.20. The van der Waals surface area contributed by atoms with Crippen LogP contribution < -0.4 is 0 Å². The number of hydrogen-bond donors (Lipinski definition) is 0. The van der Waals surface area contributed by atoms with E-state index in [1.165, 1.54) is 0 Å². The number of nitrogens with zero attached hydrogens (tertiary/aromatic N) is 1. The Bertz CT molecular complexity index is 656. The quantitative estimate of drug-likeness (QED) is 0.614. The van der Waals surface area contributed by atoms with E-state index in [0.717, 1.165) is 28.5 Å². The van der Waals surface area contributed by atoms with Crippen molar-refractivity contribution in [2.45, 2.75) is 12.8 Å². The van der Waals surface area contributed by atoms with E-state index in [9.17, 15) is 10.1 Å². The average Bonchev–Trinajstić information content (AvgIpc) is 2.57. The second-order valence-electron chi connectivity index (χ2n) is 4.91. The molecular weight excluding hydrogens is 290 g/mol. The van der Waals surface area contributed by atoms with Gasteiger partial charge in [-0.15, -0.1) is 0 Å². The molecule has 2 rings (SSSR count). The van der Waals surface area contributed by atoms with Crippen molar-refractivity contribution in [2.75, 3.05) is 6.26 Å². The van der Waals surface area contributed by atoms with Gasteiger partial charge in [-0.2, -0.15) is 5.26 Å². The van der Waals surface area contributed by atoms with Gasteiger partial charge < -0.3 is 0 Å². The van der Waals surface area contributed by atoms with Gasteiger partial charge in [0.05, 0.1) is 0 Å². The Morgan fingerprint density at radius 2 is 1.41 bits per heavy atom. The fraction of sp³-hybridized carbons (Fsp3) is 0.158. The maximum absolute atomic E-state index is 12.0. The number of carbonyl (C=O) groups is 1. The van der Waals surface area contributed by atoms with E-state index in [1.807, 2.05) is 60.7 Å². The van der Waals surface area contributed by atoms with E-state index in [-0.39, 0.29) is 10.7 Å². The van der Waals surface area contributed by atoms with Crippen molar-refractivity contribution in [1.82, 2.24) is 0 Å². The van der Waals surface area contributed by atoms with Crippen LogP contribution in [-0.2, 0) is 17.6 Å². The maximum atomic E-state index is 12.0. The predicted molar refractivity (Wildman–Crippen MR) is 91.5 cm³/mol. The minimum absolute atomic E-state index is 0.163. The fourth-order valence-corrected chi connectivity index (χ4v) is 2.69. The molecule has 3 heteroatoms. The molecule has 0 aromatic heterocycles. The van der Waals surface area contributed by atoms with Crippen LogP contribution in [0, 0.1) is 11.3 Å². The van der Waals surface area contributed by atoms with Crippen molar-refractivity contribution in [3.63, 3.8) is 0 Å². The molecule has 0 bridgehead atoms. The zero-order valence-electron chi connectivity index (χ0n) is 12.5. The summed E-state index contributed by atoms with van der Waals surface area (Å²) in [7, 11) is 0. The third kappa shape index (κ3) is 4.34. The third-order valence-electron chi connectivity index (χ3n) is 3.38. The smallest absolute Gasteiger partial charge is 0.229 e. The Hall–Kier alpha value is -2.31. The standard InChI is InChI=1S/C19H17NOS/c1-22-19(21)18(14-20)17(12-15-8-4-2-5-9-15)13-16-10-6-3-7-11-16/h2-11H,12-13H2,1H3. The number of thioether (sulfide) groups is 1. The third-order valence-corrected chi connectivity index (χ3v) is 3.95. The lowest BCUT2D eigenvalue weighted by atomic mass is 9.94. The molecule has 0 N–H and O–H groups in total. The van der Waals surface area contributed by atoms with Crippen LogP contribution in [-0.4, -0.2) is 11.4 Å². The normalized spacial score (nSPS) is 9.82. The van der Waals surface area contributed by atoms with Crippen LogP contribution in [0.15, 0.2) is 71.8 Å². The summed E-state index contributed by atoms with van der Waals surface area (Å²) in [5.74, 6) is 0. The van der Waals surface area contributed by atoms with Gasteiger partial charge >= 0.3 is 0 Å². The number of benzene rings is 2. The van der Waals surface area contributed by atoms with Gasteiger partial charge in [-0.05, 0) is 35.8 Å². The van der Waals surface area contributed by atoms with Crippen LogP contribution in [0.1, 0.15) is 11.1 Å². The van der Waals surface area contributed by atoms with E-state index in [2.05, 4.69) is 6.07 Å². The van der Waals surface area contributed by atoms with Gasteiger partial charge in [-0.1, -0.05) is 72.4 Å². The summed E-state index contributed by atoms with van der Waals surface area (Å²) in [6.07, 6.45) is 2.94. The lowest BCUT2D eigenvalue weighted by molar-refractivity contribution is -0.107. The molecule has 0 heterocycles. The van der Waals surface area contributed by atoms with E-state index in [0.29, 0.717) is 12.8 Å². The van der Waals surface area contributed by atoms with E-state index in [4.69, 9.17) is 0 Å². The predicted octanol–water partition coefficient (Wildman–Crippen LogP) is 4.18. The highest BCUT2D eigenvalue weighted by atomic mass is 32.2. The molecule has 2 aromatic rings. The molecule has 0 saturated carbocycles. The first-order valence-corrected chi connectivity index (χ1v) is 8.25. The van der Waals surface area contributed by atoms with Gasteiger partial charge in [0.25, 0.3) is 0 Å². The van der Waals surface area contributed by atoms with Crippen LogP contribution >= 0.6 is 11.8 Å². The maximum Gasteiger partial charge on any atom is 0.229 e. The molecule has 22 heavy (non-hydrogen) atoms. The van der Waals surface area contributed by atoms with Crippen LogP contribution in [0.25, 0.3) is 0 Å².